The summed E-state index contributed by atoms with van der Waals surface area (Å²) in [6.07, 6.45) is -3.69. The van der Waals surface area contributed by atoms with Crippen molar-refractivity contribution in [3.63, 3.8) is 0 Å². The van der Waals surface area contributed by atoms with Crippen molar-refractivity contribution in [2.75, 3.05) is 11.9 Å². The number of hydrogen-bond acceptors (Lipinski definition) is 5. The second kappa shape index (κ2) is 7.27. The zero-order chi connectivity index (χ0) is 20.6. The van der Waals surface area contributed by atoms with Crippen molar-refractivity contribution in [1.29, 1.82) is 0 Å². The Kier molecular flexibility index (Phi) is 5.16. The molecule has 10 heteroatoms. The largest absolute Gasteiger partial charge is 0.423 e. The van der Waals surface area contributed by atoms with Crippen LogP contribution in [0.2, 0.25) is 0 Å². The van der Waals surface area contributed by atoms with Crippen LogP contribution in [0.25, 0.3) is 11.0 Å². The molecule has 0 radical (unpaired) electrons. The first-order chi connectivity index (χ1) is 13.1. The number of nitrogens with zero attached hydrogens (tertiary/aromatic N) is 1. The number of carbonyl (C=O) groups excluding carboxylic acids is 2. The van der Waals surface area contributed by atoms with Gasteiger partial charge in [-0.2, -0.15) is 13.2 Å². The molecule has 2 heterocycles. The Morgan fingerprint density at radius 2 is 2.04 bits per heavy atom. The van der Waals surface area contributed by atoms with Crippen LogP contribution >= 0.6 is 0 Å². The van der Waals surface area contributed by atoms with Gasteiger partial charge in [0.05, 0.1) is 6.04 Å². The molecule has 1 aliphatic rings. The van der Waals surface area contributed by atoms with E-state index in [1.54, 1.807) is 0 Å². The Balaban J connectivity index is 1.83. The fourth-order valence-corrected chi connectivity index (χ4v) is 3.18. The number of benzene rings is 1. The van der Waals surface area contributed by atoms with Crippen LogP contribution in [0.15, 0.2) is 33.5 Å². The number of hydrogen-bond donors (Lipinski definition) is 2. The lowest BCUT2D eigenvalue weighted by molar-refractivity contribution is -0.139. The molecule has 1 saturated heterocycles. The van der Waals surface area contributed by atoms with Gasteiger partial charge in [0.25, 0.3) is 0 Å². The Hall–Kier alpha value is -2.88. The smallest absolute Gasteiger partial charge is 0.422 e. The minimum Gasteiger partial charge on any atom is -0.422 e. The number of nitrogens with two attached hydrogens (primary N) is 1. The maximum absolute atomic E-state index is 12.8. The summed E-state index contributed by atoms with van der Waals surface area (Å²) in [5.74, 6) is -0.776. The summed E-state index contributed by atoms with van der Waals surface area (Å²) in [4.78, 5) is 37.7. The first-order valence-electron chi connectivity index (χ1n) is 8.60. The van der Waals surface area contributed by atoms with Gasteiger partial charge < -0.3 is 20.4 Å². The van der Waals surface area contributed by atoms with Crippen LogP contribution in [0, 0.1) is 0 Å². The minimum absolute atomic E-state index is 0.0690. The van der Waals surface area contributed by atoms with E-state index in [1.165, 1.54) is 30.0 Å². The molecule has 28 heavy (non-hydrogen) atoms. The van der Waals surface area contributed by atoms with Crippen molar-refractivity contribution in [3.8, 4) is 0 Å². The molecule has 2 atom stereocenters. The van der Waals surface area contributed by atoms with E-state index in [4.69, 9.17) is 10.2 Å². The lowest BCUT2D eigenvalue weighted by Crippen LogP contribution is -2.48. The summed E-state index contributed by atoms with van der Waals surface area (Å²) in [5, 5.41) is 2.68. The third-order valence-electron chi connectivity index (χ3n) is 4.54. The maximum Gasteiger partial charge on any atom is 0.423 e. The predicted molar refractivity (Wildman–Crippen MR) is 94.5 cm³/mol. The molecule has 1 aromatic heterocycles. The van der Waals surface area contributed by atoms with Gasteiger partial charge in [-0.15, -0.1) is 0 Å². The van der Waals surface area contributed by atoms with E-state index in [9.17, 15) is 27.6 Å². The summed E-state index contributed by atoms with van der Waals surface area (Å²) >= 11 is 0. The lowest BCUT2D eigenvalue weighted by atomic mass is 10.1. The van der Waals surface area contributed by atoms with E-state index in [0.29, 0.717) is 25.5 Å². The van der Waals surface area contributed by atoms with E-state index in [1.807, 2.05) is 0 Å². The number of anilines is 1. The normalized spacial score (nSPS) is 18.3. The molecule has 1 aliphatic heterocycles. The quantitative estimate of drug-likeness (QED) is 0.772. The number of alkyl halides is 3. The van der Waals surface area contributed by atoms with Crippen molar-refractivity contribution in [1.82, 2.24) is 4.90 Å². The van der Waals surface area contributed by atoms with Gasteiger partial charge in [0, 0.05) is 23.7 Å². The zero-order valence-electron chi connectivity index (χ0n) is 14.9. The second-order valence-electron chi connectivity index (χ2n) is 6.67. The highest BCUT2D eigenvalue weighted by atomic mass is 19.4. The summed E-state index contributed by atoms with van der Waals surface area (Å²) in [6.45, 7) is 1.96. The van der Waals surface area contributed by atoms with Gasteiger partial charge in [-0.3, -0.25) is 9.59 Å². The van der Waals surface area contributed by atoms with Gasteiger partial charge in [0.1, 0.15) is 17.2 Å². The summed E-state index contributed by atoms with van der Waals surface area (Å²) < 4.78 is 43.2. The number of nitrogens with one attached hydrogen (secondary N) is 1. The average Bonchev–Trinajstić information content (AvgIpc) is 3.09. The molecule has 0 saturated carbocycles. The van der Waals surface area contributed by atoms with Crippen LogP contribution in [-0.2, 0) is 15.8 Å². The van der Waals surface area contributed by atoms with Crippen molar-refractivity contribution < 1.29 is 27.2 Å². The Labute approximate surface area is 157 Å². The van der Waals surface area contributed by atoms with Gasteiger partial charge in [-0.05, 0) is 38.0 Å². The molecule has 0 unspecified atom stereocenters. The summed E-state index contributed by atoms with van der Waals surface area (Å²) in [7, 11) is 0. The highest BCUT2D eigenvalue weighted by Crippen LogP contribution is 2.29. The first kappa shape index (κ1) is 19.9. The van der Waals surface area contributed by atoms with E-state index in [0.717, 1.165) is 0 Å². The van der Waals surface area contributed by atoms with Crippen molar-refractivity contribution in [3.05, 3.63) is 40.2 Å². The van der Waals surface area contributed by atoms with Crippen LogP contribution in [0.1, 0.15) is 25.3 Å². The van der Waals surface area contributed by atoms with Crippen molar-refractivity contribution in [2.24, 2.45) is 5.73 Å². The molecule has 0 spiro atoms. The average molecular weight is 397 g/mol. The molecule has 2 amide bonds. The van der Waals surface area contributed by atoms with Gasteiger partial charge in [-0.25, -0.2) is 4.79 Å². The third kappa shape index (κ3) is 3.86. The number of halogens is 3. The molecule has 3 rings (SSSR count). The fraction of sp³-hybridized carbons (Fsp3) is 0.389. The number of rotatable bonds is 3. The maximum atomic E-state index is 12.8. The molecular weight excluding hydrogens is 379 g/mol. The van der Waals surface area contributed by atoms with Gasteiger partial charge in [0.2, 0.25) is 11.8 Å². The zero-order valence-corrected chi connectivity index (χ0v) is 14.9. The molecule has 1 fully saturated rings. The van der Waals surface area contributed by atoms with Crippen LogP contribution < -0.4 is 16.7 Å². The lowest BCUT2D eigenvalue weighted by Gasteiger charge is -2.25. The molecule has 150 valence electrons. The second-order valence-corrected chi connectivity index (χ2v) is 6.67. The first-order valence-corrected chi connectivity index (χ1v) is 8.60. The van der Waals surface area contributed by atoms with E-state index >= 15 is 0 Å². The number of likely N-dealkylation sites (tertiary alicyclic amines) is 1. The third-order valence-corrected chi connectivity index (χ3v) is 4.54. The Bertz CT molecular complexity index is 984. The van der Waals surface area contributed by atoms with Crippen molar-refractivity contribution in [2.45, 2.75) is 38.0 Å². The SMILES string of the molecule is C[C@H](N)C(=O)N1CCC[C@H]1C(=O)Nc1ccc2cc(C(F)(F)F)c(=O)oc2c1. The number of carbonyl (C=O) groups is 2. The van der Waals surface area contributed by atoms with Gasteiger partial charge >= 0.3 is 11.8 Å². The Morgan fingerprint density at radius 3 is 2.68 bits per heavy atom. The standard InChI is InChI=1S/C18H18F3N3O4/c1-9(22)16(26)24-6-2-3-13(24)15(25)23-11-5-4-10-7-12(18(19,20)21)17(27)28-14(10)8-11/h4-5,7-9,13H,2-3,6,22H2,1H3,(H,23,25)/t9-,13-/m0/s1. The molecule has 0 bridgehead atoms. The van der Waals surface area contributed by atoms with E-state index in [-0.39, 0.29) is 22.6 Å². The van der Waals surface area contributed by atoms with Gasteiger partial charge in [0.15, 0.2) is 0 Å². The Morgan fingerprint density at radius 1 is 1.32 bits per heavy atom. The van der Waals surface area contributed by atoms with Crippen LogP contribution in [0.3, 0.4) is 0 Å². The van der Waals surface area contributed by atoms with Gasteiger partial charge in [-0.1, -0.05) is 0 Å². The fourth-order valence-electron chi connectivity index (χ4n) is 3.18. The summed E-state index contributed by atoms with van der Waals surface area (Å²) in [6, 6.07) is 3.25. The molecule has 3 N–H and O–H groups in total. The monoisotopic (exact) mass is 397 g/mol. The van der Waals surface area contributed by atoms with Crippen LogP contribution in [0.5, 0.6) is 0 Å². The predicted octanol–water partition coefficient (Wildman–Crippen LogP) is 2.09. The topological polar surface area (TPSA) is 106 Å². The summed E-state index contributed by atoms with van der Waals surface area (Å²) in [5.41, 5.74) is 2.85. The molecular formula is C18H18F3N3O4. The number of amides is 2. The van der Waals surface area contributed by atoms with E-state index < -0.39 is 35.4 Å². The van der Waals surface area contributed by atoms with Crippen LogP contribution in [-0.4, -0.2) is 35.3 Å². The van der Waals surface area contributed by atoms with E-state index in [2.05, 4.69) is 5.32 Å². The number of fused-ring (bicyclic) bond motifs is 1. The molecule has 2 aromatic rings. The van der Waals surface area contributed by atoms with Crippen LogP contribution in [0.4, 0.5) is 18.9 Å². The highest BCUT2D eigenvalue weighted by Gasteiger charge is 2.36. The highest BCUT2D eigenvalue weighted by molar-refractivity contribution is 5.99. The minimum atomic E-state index is -4.82. The molecule has 1 aromatic carbocycles. The molecule has 7 nitrogen and oxygen atoms in total. The molecule has 0 aliphatic carbocycles. The van der Waals surface area contributed by atoms with Crippen molar-refractivity contribution >= 4 is 28.5 Å².